The maximum absolute atomic E-state index is 3.91. The first kappa shape index (κ1) is 32.2. The van der Waals surface area contributed by atoms with E-state index < -0.39 is 5.41 Å². The summed E-state index contributed by atoms with van der Waals surface area (Å²) in [5.41, 5.74) is 13.2. The topological polar surface area (TPSA) is 12.0 Å². The van der Waals surface area contributed by atoms with Gasteiger partial charge < -0.3 is 5.32 Å². The lowest BCUT2D eigenvalue weighted by Gasteiger charge is -2.46. The summed E-state index contributed by atoms with van der Waals surface area (Å²) in [7, 11) is 0. The van der Waals surface area contributed by atoms with Crippen LogP contribution in [0, 0.1) is 0 Å². The van der Waals surface area contributed by atoms with Crippen molar-refractivity contribution in [3.63, 3.8) is 0 Å². The predicted octanol–water partition coefficient (Wildman–Crippen LogP) is 13.7. The van der Waals surface area contributed by atoms with Gasteiger partial charge in [0.1, 0.15) is 0 Å². The van der Waals surface area contributed by atoms with Gasteiger partial charge in [-0.15, -0.1) is 0 Å². The molecule has 53 heavy (non-hydrogen) atoms. The number of allylic oxidation sites excluding steroid dienone is 2. The number of benzene rings is 7. The molecule has 1 nitrogen and oxygen atoms in total. The molecule has 0 saturated heterocycles. The Morgan fingerprint density at radius 1 is 0.472 bits per heavy atom. The molecule has 1 spiro atoms. The van der Waals surface area contributed by atoms with Crippen LogP contribution in [0.3, 0.4) is 0 Å². The van der Waals surface area contributed by atoms with Crippen molar-refractivity contribution in [3.05, 3.63) is 210 Å². The number of nitrogens with one attached hydrogen (secondary N) is 1. The lowest BCUT2D eigenvalue weighted by Crippen LogP contribution is -2.36. The average Bonchev–Trinajstić information content (AvgIpc) is 3.21. The molecule has 0 saturated carbocycles. The van der Waals surface area contributed by atoms with Gasteiger partial charge in [-0.1, -0.05) is 175 Å². The van der Waals surface area contributed by atoms with Crippen molar-refractivity contribution in [2.75, 3.05) is 5.32 Å². The van der Waals surface area contributed by atoms with Crippen LogP contribution in [0.15, 0.2) is 208 Å². The van der Waals surface area contributed by atoms with Crippen LogP contribution in [0.1, 0.15) is 35.6 Å². The molecule has 3 heteroatoms. The smallest absolute Gasteiger partial charge is 0.0745 e. The van der Waals surface area contributed by atoms with Crippen LogP contribution in [0.5, 0.6) is 0 Å². The van der Waals surface area contributed by atoms with Crippen molar-refractivity contribution < 1.29 is 0 Å². The SMILES string of the molecule is CC1(Nc2ccc(-c3ccc4c(c3)C3(c5ccccc5S4)c4ccccc4Sc4c(-c5ccccc5)cccc43)cc2-c2ccccc2)C=CC=CC1. The molecule has 2 atom stereocenters. The zero-order valence-corrected chi connectivity index (χ0v) is 31.1. The van der Waals surface area contributed by atoms with Gasteiger partial charge in [0, 0.05) is 30.8 Å². The summed E-state index contributed by atoms with van der Waals surface area (Å²) in [6.45, 7) is 2.27. The molecular weight excluding hydrogens is 679 g/mol. The standard InChI is InChI=1S/C50H37NS2/c1-49(30-13-4-14-31-49)51-44-28-26-36(32-39(44)35-18-7-3-8-19-35)37-27-29-47-43(33-37)50(40-21-9-11-24-45(40)52-47)41-22-10-12-25-46(41)53-48-38(20-15-23-42(48)50)34-16-5-2-6-17-34/h2-30,32-33,51H,31H2,1H3. The summed E-state index contributed by atoms with van der Waals surface area (Å²) in [5.74, 6) is 0. The van der Waals surface area contributed by atoms with E-state index in [4.69, 9.17) is 0 Å². The Bertz CT molecular complexity index is 2570. The molecule has 0 radical (unpaired) electrons. The van der Waals surface area contributed by atoms with Crippen molar-refractivity contribution >= 4 is 29.2 Å². The summed E-state index contributed by atoms with van der Waals surface area (Å²) >= 11 is 3.81. The van der Waals surface area contributed by atoms with Gasteiger partial charge in [-0.25, -0.2) is 0 Å². The molecule has 1 N–H and O–H groups in total. The molecule has 0 amide bonds. The van der Waals surface area contributed by atoms with Gasteiger partial charge in [-0.05, 0) is 99.8 Å². The molecule has 254 valence electrons. The fourth-order valence-electron chi connectivity index (χ4n) is 8.53. The number of hydrogen-bond donors (Lipinski definition) is 1. The monoisotopic (exact) mass is 715 g/mol. The molecule has 10 rings (SSSR count). The lowest BCUT2D eigenvalue weighted by atomic mass is 9.64. The minimum Gasteiger partial charge on any atom is -0.376 e. The molecule has 0 fully saturated rings. The highest BCUT2D eigenvalue weighted by Crippen LogP contribution is 2.63. The van der Waals surface area contributed by atoms with E-state index in [0.717, 1.165) is 12.1 Å². The third kappa shape index (κ3) is 5.33. The van der Waals surface area contributed by atoms with Crippen molar-refractivity contribution in [1.82, 2.24) is 0 Å². The Hall–Kier alpha value is -5.48. The second kappa shape index (κ2) is 12.9. The van der Waals surface area contributed by atoms with Gasteiger partial charge in [-0.2, -0.15) is 0 Å². The minimum atomic E-state index is -0.492. The van der Waals surface area contributed by atoms with Crippen molar-refractivity contribution in [1.29, 1.82) is 0 Å². The van der Waals surface area contributed by atoms with E-state index in [9.17, 15) is 0 Å². The summed E-state index contributed by atoms with van der Waals surface area (Å²) in [6, 6.07) is 60.9. The molecule has 0 aromatic heterocycles. The molecule has 2 heterocycles. The van der Waals surface area contributed by atoms with Gasteiger partial charge in [0.05, 0.1) is 11.0 Å². The van der Waals surface area contributed by atoms with E-state index in [-0.39, 0.29) is 5.54 Å². The Kier molecular flexibility index (Phi) is 7.82. The number of fused-ring (bicyclic) bond motifs is 8. The molecule has 1 aliphatic carbocycles. The average molecular weight is 716 g/mol. The molecule has 3 aliphatic rings. The van der Waals surface area contributed by atoms with Gasteiger partial charge in [0.25, 0.3) is 0 Å². The summed E-state index contributed by atoms with van der Waals surface area (Å²) in [4.78, 5) is 5.25. The maximum Gasteiger partial charge on any atom is 0.0745 e. The van der Waals surface area contributed by atoms with Crippen LogP contribution < -0.4 is 5.32 Å². The molecule has 2 aliphatic heterocycles. The quantitative estimate of drug-likeness (QED) is 0.191. The van der Waals surface area contributed by atoms with Gasteiger partial charge in [0.15, 0.2) is 0 Å². The first-order chi connectivity index (χ1) is 26.1. The Morgan fingerprint density at radius 2 is 1.08 bits per heavy atom. The number of rotatable bonds is 5. The molecule has 7 aromatic carbocycles. The van der Waals surface area contributed by atoms with Gasteiger partial charge in [-0.3, -0.25) is 0 Å². The highest BCUT2D eigenvalue weighted by Gasteiger charge is 2.49. The molecule has 2 unspecified atom stereocenters. The Balaban J connectivity index is 1.21. The maximum atomic E-state index is 3.91. The lowest BCUT2D eigenvalue weighted by molar-refractivity contribution is 0.641. The van der Waals surface area contributed by atoms with Crippen LogP contribution in [-0.4, -0.2) is 5.54 Å². The van der Waals surface area contributed by atoms with Crippen LogP contribution in [0.2, 0.25) is 0 Å². The van der Waals surface area contributed by atoms with Crippen LogP contribution >= 0.6 is 23.5 Å². The molecule has 0 bridgehead atoms. The number of anilines is 1. The van der Waals surface area contributed by atoms with Crippen LogP contribution in [-0.2, 0) is 5.41 Å². The largest absolute Gasteiger partial charge is 0.376 e. The van der Waals surface area contributed by atoms with Crippen molar-refractivity contribution in [2.45, 2.75) is 43.9 Å². The first-order valence-electron chi connectivity index (χ1n) is 18.3. The van der Waals surface area contributed by atoms with Crippen LogP contribution in [0.4, 0.5) is 5.69 Å². The van der Waals surface area contributed by atoms with E-state index in [0.29, 0.717) is 0 Å². The molecular formula is C50H37NS2. The summed E-state index contributed by atoms with van der Waals surface area (Å²) in [5, 5.41) is 3.91. The second-order valence-electron chi connectivity index (χ2n) is 14.4. The fourth-order valence-corrected chi connectivity index (χ4v) is 11.0. The third-order valence-corrected chi connectivity index (χ3v) is 13.4. The van der Waals surface area contributed by atoms with E-state index in [2.05, 4.69) is 200 Å². The normalized spacial score (nSPS) is 19.2. The predicted molar refractivity (Wildman–Crippen MR) is 224 cm³/mol. The highest BCUT2D eigenvalue weighted by molar-refractivity contribution is 8.00. The second-order valence-corrected chi connectivity index (χ2v) is 16.5. The van der Waals surface area contributed by atoms with Crippen LogP contribution in [0.25, 0.3) is 33.4 Å². The zero-order valence-electron chi connectivity index (χ0n) is 29.4. The summed E-state index contributed by atoms with van der Waals surface area (Å²) < 4.78 is 0. The Morgan fingerprint density at radius 3 is 1.79 bits per heavy atom. The fraction of sp³-hybridized carbons (Fsp3) is 0.0800. The summed E-state index contributed by atoms with van der Waals surface area (Å²) in [6.07, 6.45) is 9.74. The first-order valence-corrected chi connectivity index (χ1v) is 19.9. The van der Waals surface area contributed by atoms with Crippen molar-refractivity contribution in [3.8, 4) is 33.4 Å². The third-order valence-electron chi connectivity index (χ3n) is 11.0. The van der Waals surface area contributed by atoms with Gasteiger partial charge in [0.2, 0.25) is 0 Å². The molecule has 7 aromatic rings. The zero-order chi connectivity index (χ0) is 35.4. The van der Waals surface area contributed by atoms with E-state index >= 15 is 0 Å². The van der Waals surface area contributed by atoms with Gasteiger partial charge >= 0.3 is 0 Å². The highest BCUT2D eigenvalue weighted by atomic mass is 32.2. The van der Waals surface area contributed by atoms with E-state index in [1.807, 2.05) is 23.5 Å². The Labute approximate surface area is 320 Å². The minimum absolute atomic E-state index is 0.152. The van der Waals surface area contributed by atoms with E-state index in [1.54, 1.807) is 0 Å². The number of hydrogen-bond acceptors (Lipinski definition) is 3. The van der Waals surface area contributed by atoms with E-state index in [1.165, 1.54) is 75.2 Å². The van der Waals surface area contributed by atoms with Crippen molar-refractivity contribution in [2.24, 2.45) is 0 Å².